The second-order valence-corrected chi connectivity index (χ2v) is 4.48. The number of hydrogen-bond donors (Lipinski definition) is 3. The molecule has 0 atom stereocenters. The van der Waals surface area contributed by atoms with E-state index in [9.17, 15) is 9.90 Å². The number of rotatable bonds is 2. The highest BCUT2D eigenvalue weighted by Crippen LogP contribution is 2.34. The molecule has 0 aliphatic heterocycles. The minimum Gasteiger partial charge on any atom is -0.465 e. The normalized spacial score (nSPS) is 33.0. The second kappa shape index (κ2) is 4.17. The van der Waals surface area contributed by atoms with Crippen LogP contribution in [-0.2, 0) is 0 Å². The second-order valence-electron chi connectivity index (χ2n) is 4.48. The van der Waals surface area contributed by atoms with Crippen LogP contribution in [0.5, 0.6) is 0 Å². The first-order chi connectivity index (χ1) is 6.44. The molecule has 0 heterocycles. The van der Waals surface area contributed by atoms with Crippen molar-refractivity contribution in [1.29, 1.82) is 0 Å². The monoisotopic (exact) mass is 201 g/mol. The Morgan fingerprint density at radius 1 is 1.43 bits per heavy atom. The molecule has 0 aromatic carbocycles. The third kappa shape index (κ3) is 2.61. The molecule has 3 N–H and O–H groups in total. The molecule has 0 aromatic heterocycles. The molecule has 1 aliphatic carbocycles. The van der Waals surface area contributed by atoms with Gasteiger partial charge in [0.1, 0.15) is 0 Å². The molecule has 0 radical (unpaired) electrons. The zero-order valence-corrected chi connectivity index (χ0v) is 8.79. The maximum atomic E-state index is 10.4. The first kappa shape index (κ1) is 11.3. The Morgan fingerprint density at radius 2 is 1.93 bits per heavy atom. The van der Waals surface area contributed by atoms with E-state index >= 15 is 0 Å². The van der Waals surface area contributed by atoms with Gasteiger partial charge in [0.05, 0.1) is 5.60 Å². The van der Waals surface area contributed by atoms with Crippen molar-refractivity contribution in [3.8, 4) is 0 Å². The Hall–Kier alpha value is -0.770. The highest BCUT2D eigenvalue weighted by atomic mass is 16.4. The average Bonchev–Trinajstić information content (AvgIpc) is 2.08. The fraction of sp³-hybridized carbons (Fsp3) is 0.900. The van der Waals surface area contributed by atoms with Crippen LogP contribution in [0.15, 0.2) is 0 Å². The van der Waals surface area contributed by atoms with Crippen molar-refractivity contribution >= 4 is 6.09 Å². The van der Waals surface area contributed by atoms with E-state index in [2.05, 4.69) is 5.32 Å². The molecule has 14 heavy (non-hydrogen) atoms. The lowest BCUT2D eigenvalue weighted by Gasteiger charge is -2.38. The summed E-state index contributed by atoms with van der Waals surface area (Å²) in [5.74, 6) is 0.244. The summed E-state index contributed by atoms with van der Waals surface area (Å²) in [5.41, 5.74) is -0.587. The van der Waals surface area contributed by atoms with Gasteiger partial charge in [-0.05, 0) is 31.6 Å². The molecule has 0 unspecified atom stereocenters. The Morgan fingerprint density at radius 3 is 2.29 bits per heavy atom. The smallest absolute Gasteiger partial charge is 0.404 e. The van der Waals surface area contributed by atoms with Crippen molar-refractivity contribution in [2.45, 2.75) is 51.2 Å². The maximum absolute atomic E-state index is 10.4. The van der Waals surface area contributed by atoms with Crippen LogP contribution in [0, 0.1) is 5.92 Å². The zero-order valence-electron chi connectivity index (χ0n) is 8.79. The average molecular weight is 201 g/mol. The molecule has 0 spiro atoms. The van der Waals surface area contributed by atoms with Crippen molar-refractivity contribution in [3.05, 3.63) is 0 Å². The van der Waals surface area contributed by atoms with Crippen molar-refractivity contribution in [3.63, 3.8) is 0 Å². The molecule has 4 heteroatoms. The van der Waals surface area contributed by atoms with E-state index in [-0.39, 0.29) is 12.0 Å². The summed E-state index contributed by atoms with van der Waals surface area (Å²) in [7, 11) is 0. The standard InChI is InChI=1S/C10H19NO3/c1-7(2)10(14)5-3-8(4-6-10)11-9(12)13/h7-8,11,14H,3-6H2,1-2H3,(H,12,13). The topological polar surface area (TPSA) is 69.6 Å². The van der Waals surface area contributed by atoms with Gasteiger partial charge in [0.25, 0.3) is 0 Å². The fourth-order valence-corrected chi connectivity index (χ4v) is 2.01. The molecule has 1 saturated carbocycles. The maximum Gasteiger partial charge on any atom is 0.404 e. The van der Waals surface area contributed by atoms with Crippen LogP contribution in [0.4, 0.5) is 4.79 Å². The van der Waals surface area contributed by atoms with E-state index in [1.54, 1.807) is 0 Å². The SMILES string of the molecule is CC(C)C1(O)CCC(NC(=O)O)CC1. The van der Waals surface area contributed by atoms with Gasteiger partial charge in [-0.2, -0.15) is 0 Å². The van der Waals surface area contributed by atoms with Crippen molar-refractivity contribution in [2.75, 3.05) is 0 Å². The number of carbonyl (C=O) groups is 1. The molecule has 82 valence electrons. The number of aliphatic hydroxyl groups is 1. The van der Waals surface area contributed by atoms with Crippen LogP contribution in [0.2, 0.25) is 0 Å². The summed E-state index contributed by atoms with van der Waals surface area (Å²) < 4.78 is 0. The molecule has 1 fully saturated rings. The van der Waals surface area contributed by atoms with Gasteiger partial charge in [-0.3, -0.25) is 0 Å². The molecule has 1 rings (SSSR count). The van der Waals surface area contributed by atoms with Gasteiger partial charge in [-0.1, -0.05) is 13.8 Å². The van der Waals surface area contributed by atoms with E-state index in [1.807, 2.05) is 13.8 Å². The van der Waals surface area contributed by atoms with Gasteiger partial charge in [0, 0.05) is 6.04 Å². The van der Waals surface area contributed by atoms with Crippen molar-refractivity contribution in [2.24, 2.45) is 5.92 Å². The predicted octanol–water partition coefficient (Wildman–Crippen LogP) is 1.58. The Balaban J connectivity index is 2.41. The fourth-order valence-electron chi connectivity index (χ4n) is 2.01. The lowest BCUT2D eigenvalue weighted by molar-refractivity contribution is -0.0424. The first-order valence-electron chi connectivity index (χ1n) is 5.16. The summed E-state index contributed by atoms with van der Waals surface area (Å²) in [6, 6.07) is 0.0199. The zero-order chi connectivity index (χ0) is 10.8. The van der Waals surface area contributed by atoms with Crippen LogP contribution >= 0.6 is 0 Å². The highest BCUT2D eigenvalue weighted by molar-refractivity contribution is 5.64. The first-order valence-corrected chi connectivity index (χ1v) is 5.16. The summed E-state index contributed by atoms with van der Waals surface area (Å²) in [6.45, 7) is 4.01. The van der Waals surface area contributed by atoms with Gasteiger partial charge in [0.15, 0.2) is 0 Å². The summed E-state index contributed by atoms with van der Waals surface area (Å²) in [5, 5.41) is 21.1. The number of carboxylic acid groups (broad SMARTS) is 1. The van der Waals surface area contributed by atoms with Gasteiger partial charge < -0.3 is 15.5 Å². The van der Waals surface area contributed by atoms with Crippen molar-refractivity contribution in [1.82, 2.24) is 5.32 Å². The quantitative estimate of drug-likeness (QED) is 0.635. The van der Waals surface area contributed by atoms with Crippen molar-refractivity contribution < 1.29 is 15.0 Å². The third-order valence-corrected chi connectivity index (χ3v) is 3.25. The number of nitrogens with one attached hydrogen (secondary N) is 1. The van der Waals surface area contributed by atoms with Crippen LogP contribution in [0.1, 0.15) is 39.5 Å². The van der Waals surface area contributed by atoms with Gasteiger partial charge in [-0.25, -0.2) is 4.79 Å². The molecule has 0 bridgehead atoms. The molecular weight excluding hydrogens is 182 g/mol. The summed E-state index contributed by atoms with van der Waals surface area (Å²) in [6.07, 6.45) is 1.89. The molecule has 1 aliphatic rings. The van der Waals surface area contributed by atoms with E-state index in [0.717, 1.165) is 12.8 Å². The molecule has 0 aromatic rings. The number of hydrogen-bond acceptors (Lipinski definition) is 2. The number of amides is 1. The summed E-state index contributed by atoms with van der Waals surface area (Å²) >= 11 is 0. The van der Waals surface area contributed by atoms with E-state index in [0.29, 0.717) is 12.8 Å². The lowest BCUT2D eigenvalue weighted by Crippen LogP contribution is -2.45. The molecule has 0 saturated heterocycles. The lowest BCUT2D eigenvalue weighted by atomic mass is 9.75. The third-order valence-electron chi connectivity index (χ3n) is 3.25. The van der Waals surface area contributed by atoms with E-state index in [4.69, 9.17) is 5.11 Å². The predicted molar refractivity (Wildman–Crippen MR) is 53.2 cm³/mol. The van der Waals surface area contributed by atoms with Gasteiger partial charge in [-0.15, -0.1) is 0 Å². The van der Waals surface area contributed by atoms with Crippen LogP contribution in [-0.4, -0.2) is 27.9 Å². The Kier molecular flexibility index (Phi) is 3.37. The summed E-state index contributed by atoms with van der Waals surface area (Å²) in [4.78, 5) is 10.4. The van der Waals surface area contributed by atoms with E-state index in [1.165, 1.54) is 0 Å². The largest absolute Gasteiger partial charge is 0.465 e. The molecule has 1 amide bonds. The molecular formula is C10H19NO3. The minimum absolute atomic E-state index is 0.0199. The van der Waals surface area contributed by atoms with Crippen LogP contribution in [0.25, 0.3) is 0 Å². The van der Waals surface area contributed by atoms with Crippen LogP contribution < -0.4 is 5.32 Å². The Bertz CT molecular complexity index is 207. The highest BCUT2D eigenvalue weighted by Gasteiger charge is 2.36. The van der Waals surface area contributed by atoms with Crippen LogP contribution in [0.3, 0.4) is 0 Å². The minimum atomic E-state index is -0.968. The Labute approximate surface area is 84.3 Å². The van der Waals surface area contributed by atoms with Gasteiger partial charge >= 0.3 is 6.09 Å². The molecule has 4 nitrogen and oxygen atoms in total. The van der Waals surface area contributed by atoms with E-state index < -0.39 is 11.7 Å². The van der Waals surface area contributed by atoms with Gasteiger partial charge in [0.2, 0.25) is 0 Å².